The second kappa shape index (κ2) is 3.58. The van der Waals surface area contributed by atoms with Gasteiger partial charge in [-0.3, -0.25) is 0 Å². The monoisotopic (exact) mass is 230 g/mol. The van der Waals surface area contributed by atoms with E-state index in [0.717, 1.165) is 0 Å². The van der Waals surface area contributed by atoms with E-state index >= 15 is 0 Å². The number of nitrogens with zero attached hydrogens (tertiary/aromatic N) is 1. The van der Waals surface area contributed by atoms with Gasteiger partial charge in [-0.25, -0.2) is 9.18 Å². The number of alkyl halides is 1. The second-order valence-electron chi connectivity index (χ2n) is 5.79. The quantitative estimate of drug-likeness (QED) is 0.679. The van der Waals surface area contributed by atoms with Crippen LogP contribution in [0.15, 0.2) is 0 Å². The highest BCUT2D eigenvalue weighted by molar-refractivity contribution is 5.69. The highest BCUT2D eigenvalue weighted by atomic mass is 19.1. The van der Waals surface area contributed by atoms with Gasteiger partial charge in [0.15, 0.2) is 0 Å². The largest absolute Gasteiger partial charge is 0.444 e. The number of hydrogen-bond donors (Lipinski definition) is 1. The van der Waals surface area contributed by atoms with Crippen molar-refractivity contribution in [2.24, 2.45) is 5.41 Å². The number of hydrogen-bond acceptors (Lipinski definition) is 3. The van der Waals surface area contributed by atoms with Gasteiger partial charge in [0.05, 0.1) is 6.54 Å². The average molecular weight is 230 g/mol. The number of likely N-dealkylation sites (tertiary alicyclic amines) is 1. The number of ether oxygens (including phenoxy) is 1. The molecule has 1 spiro atoms. The molecule has 2 fully saturated rings. The zero-order chi connectivity index (χ0) is 12.0. The van der Waals surface area contributed by atoms with Crippen LogP contribution in [0, 0.1) is 5.41 Å². The van der Waals surface area contributed by atoms with Gasteiger partial charge in [0.1, 0.15) is 11.8 Å². The summed E-state index contributed by atoms with van der Waals surface area (Å²) in [6.45, 7) is 7.39. The zero-order valence-corrected chi connectivity index (χ0v) is 10.0. The summed E-state index contributed by atoms with van der Waals surface area (Å²) in [7, 11) is 0. The van der Waals surface area contributed by atoms with Crippen LogP contribution in [0.5, 0.6) is 0 Å². The van der Waals surface area contributed by atoms with Crippen LogP contribution in [0.3, 0.4) is 0 Å². The molecule has 2 aliphatic rings. The van der Waals surface area contributed by atoms with Crippen molar-refractivity contribution in [1.29, 1.82) is 0 Å². The first-order chi connectivity index (χ1) is 7.32. The number of halogens is 1. The Bertz CT molecular complexity index is 297. The normalized spacial score (nSPS) is 28.0. The van der Waals surface area contributed by atoms with Crippen LogP contribution < -0.4 is 5.32 Å². The lowest BCUT2D eigenvalue weighted by atomic mass is 9.80. The Hall–Kier alpha value is -0.840. The lowest BCUT2D eigenvalue weighted by molar-refractivity contribution is 0.0257. The van der Waals surface area contributed by atoms with E-state index in [9.17, 15) is 9.18 Å². The predicted octanol–water partition coefficient (Wildman–Crippen LogP) is 1.16. The molecule has 0 saturated carbocycles. The zero-order valence-electron chi connectivity index (χ0n) is 10.0. The van der Waals surface area contributed by atoms with Gasteiger partial charge in [0.25, 0.3) is 0 Å². The molecule has 92 valence electrons. The molecule has 4 nitrogen and oxygen atoms in total. The lowest BCUT2D eigenvalue weighted by Gasteiger charge is -2.40. The SMILES string of the molecule is CC(C)(C)OC(=O)N1CC(F)C2(CNC2)C1. The van der Waals surface area contributed by atoms with Crippen LogP contribution >= 0.6 is 0 Å². The molecule has 0 bridgehead atoms. The summed E-state index contributed by atoms with van der Waals surface area (Å²) >= 11 is 0. The highest BCUT2D eigenvalue weighted by Gasteiger charge is 2.53. The van der Waals surface area contributed by atoms with Crippen LogP contribution in [-0.4, -0.2) is 48.9 Å². The Morgan fingerprint density at radius 3 is 2.50 bits per heavy atom. The fourth-order valence-corrected chi connectivity index (χ4v) is 2.18. The number of nitrogens with one attached hydrogen (secondary N) is 1. The summed E-state index contributed by atoms with van der Waals surface area (Å²) in [5, 5.41) is 3.06. The fourth-order valence-electron chi connectivity index (χ4n) is 2.18. The van der Waals surface area contributed by atoms with Gasteiger partial charge in [0.2, 0.25) is 0 Å². The first-order valence-electron chi connectivity index (χ1n) is 5.65. The minimum absolute atomic E-state index is 0.163. The smallest absolute Gasteiger partial charge is 0.410 e. The Morgan fingerprint density at radius 2 is 2.12 bits per heavy atom. The molecule has 0 radical (unpaired) electrons. The summed E-state index contributed by atoms with van der Waals surface area (Å²) in [4.78, 5) is 13.2. The van der Waals surface area contributed by atoms with E-state index in [0.29, 0.717) is 19.6 Å². The summed E-state index contributed by atoms with van der Waals surface area (Å²) in [6, 6.07) is 0. The van der Waals surface area contributed by atoms with Crippen LogP contribution in [0.25, 0.3) is 0 Å². The molecule has 0 aliphatic carbocycles. The Kier molecular flexibility index (Phi) is 2.61. The standard InChI is InChI=1S/C11H19FN2O2/c1-10(2,3)16-9(15)14-4-8(12)11(7-14)5-13-6-11/h8,13H,4-7H2,1-3H3. The van der Waals surface area contributed by atoms with E-state index in [4.69, 9.17) is 4.74 Å². The molecule has 1 unspecified atom stereocenters. The van der Waals surface area contributed by atoms with Crippen molar-refractivity contribution in [2.45, 2.75) is 32.5 Å². The third kappa shape index (κ3) is 2.00. The number of amides is 1. The molecule has 2 rings (SSSR count). The van der Waals surface area contributed by atoms with Gasteiger partial charge >= 0.3 is 6.09 Å². The molecule has 16 heavy (non-hydrogen) atoms. The van der Waals surface area contributed by atoms with Crippen molar-refractivity contribution in [3.63, 3.8) is 0 Å². The molecule has 2 saturated heterocycles. The Morgan fingerprint density at radius 1 is 1.50 bits per heavy atom. The number of rotatable bonds is 0. The first-order valence-corrected chi connectivity index (χ1v) is 5.65. The maximum absolute atomic E-state index is 13.8. The van der Waals surface area contributed by atoms with E-state index in [1.807, 2.05) is 20.8 Å². The maximum Gasteiger partial charge on any atom is 0.410 e. The van der Waals surface area contributed by atoms with Gasteiger partial charge < -0.3 is 15.0 Å². The maximum atomic E-state index is 13.8. The van der Waals surface area contributed by atoms with Crippen molar-refractivity contribution in [2.75, 3.05) is 26.2 Å². The molecule has 2 aliphatic heterocycles. The van der Waals surface area contributed by atoms with Crippen molar-refractivity contribution in [3.05, 3.63) is 0 Å². The molecule has 2 heterocycles. The van der Waals surface area contributed by atoms with Crippen molar-refractivity contribution in [3.8, 4) is 0 Å². The van der Waals surface area contributed by atoms with Gasteiger partial charge in [-0.1, -0.05) is 0 Å². The minimum Gasteiger partial charge on any atom is -0.444 e. The Balaban J connectivity index is 1.95. The Labute approximate surface area is 95.1 Å². The van der Waals surface area contributed by atoms with E-state index in [2.05, 4.69) is 5.32 Å². The topological polar surface area (TPSA) is 41.6 Å². The third-order valence-corrected chi connectivity index (χ3v) is 3.16. The van der Waals surface area contributed by atoms with Crippen LogP contribution in [0.1, 0.15) is 20.8 Å². The van der Waals surface area contributed by atoms with Crippen molar-refractivity contribution >= 4 is 6.09 Å². The van der Waals surface area contributed by atoms with Gasteiger partial charge in [0, 0.05) is 25.0 Å². The number of carbonyl (C=O) groups is 1. The molecular weight excluding hydrogens is 211 g/mol. The minimum atomic E-state index is -0.929. The highest BCUT2D eigenvalue weighted by Crippen LogP contribution is 2.37. The second-order valence-corrected chi connectivity index (χ2v) is 5.79. The van der Waals surface area contributed by atoms with Crippen LogP contribution in [0.2, 0.25) is 0 Å². The predicted molar refractivity (Wildman–Crippen MR) is 58.0 cm³/mol. The molecule has 1 N–H and O–H groups in total. The third-order valence-electron chi connectivity index (χ3n) is 3.16. The van der Waals surface area contributed by atoms with Crippen molar-refractivity contribution in [1.82, 2.24) is 10.2 Å². The molecule has 1 amide bonds. The fraction of sp³-hybridized carbons (Fsp3) is 0.909. The van der Waals surface area contributed by atoms with Gasteiger partial charge in [-0.05, 0) is 20.8 Å². The molecule has 5 heteroatoms. The number of carbonyl (C=O) groups excluding carboxylic acids is 1. The summed E-state index contributed by atoms with van der Waals surface area (Å²) in [6.07, 6.45) is -1.33. The molecule has 0 aromatic rings. The molecular formula is C11H19FN2O2. The summed E-state index contributed by atoms with van der Waals surface area (Å²) in [5.74, 6) is 0. The van der Waals surface area contributed by atoms with Crippen LogP contribution in [0.4, 0.5) is 9.18 Å². The average Bonchev–Trinajstić information content (AvgIpc) is 2.39. The molecule has 0 aromatic heterocycles. The lowest BCUT2D eigenvalue weighted by Crippen LogP contribution is -2.59. The molecule has 1 atom stereocenters. The van der Waals surface area contributed by atoms with Gasteiger partial charge in [-0.15, -0.1) is 0 Å². The van der Waals surface area contributed by atoms with E-state index in [1.165, 1.54) is 4.90 Å². The van der Waals surface area contributed by atoms with E-state index in [1.54, 1.807) is 0 Å². The van der Waals surface area contributed by atoms with Gasteiger partial charge in [-0.2, -0.15) is 0 Å². The first kappa shape index (κ1) is 11.6. The summed E-state index contributed by atoms with van der Waals surface area (Å²) < 4.78 is 19.0. The van der Waals surface area contributed by atoms with E-state index in [-0.39, 0.29) is 12.0 Å². The molecule has 0 aromatic carbocycles. The van der Waals surface area contributed by atoms with Crippen molar-refractivity contribution < 1.29 is 13.9 Å². The van der Waals surface area contributed by atoms with E-state index < -0.39 is 17.9 Å². The summed E-state index contributed by atoms with van der Waals surface area (Å²) in [5.41, 5.74) is -0.868. The van der Waals surface area contributed by atoms with Crippen LogP contribution in [-0.2, 0) is 4.74 Å².